The summed E-state index contributed by atoms with van der Waals surface area (Å²) in [5, 5.41) is 1.08. The highest BCUT2D eigenvalue weighted by molar-refractivity contribution is 7.89. The lowest BCUT2D eigenvalue weighted by molar-refractivity contribution is 0.578. The van der Waals surface area contributed by atoms with E-state index >= 15 is 0 Å². The van der Waals surface area contributed by atoms with Gasteiger partial charge in [0.15, 0.2) is 0 Å². The minimum atomic E-state index is -3.53. The first-order valence-corrected chi connectivity index (χ1v) is 9.24. The van der Waals surface area contributed by atoms with Crippen molar-refractivity contribution < 1.29 is 8.42 Å². The Balaban J connectivity index is 1.81. The fourth-order valence-electron chi connectivity index (χ4n) is 2.72. The first-order chi connectivity index (χ1) is 11.5. The molecule has 0 aliphatic carbocycles. The van der Waals surface area contributed by atoms with Crippen molar-refractivity contribution in [3.8, 4) is 0 Å². The fraction of sp³-hybridized carbons (Fsp3) is 0.158. The van der Waals surface area contributed by atoms with Crippen molar-refractivity contribution in [2.75, 3.05) is 6.54 Å². The summed E-state index contributed by atoms with van der Waals surface area (Å²) in [5.41, 5.74) is 3.09. The number of nitrogens with one attached hydrogen (secondary N) is 2. The molecule has 0 radical (unpaired) electrons. The predicted octanol–water partition coefficient (Wildman–Crippen LogP) is 3.72. The van der Waals surface area contributed by atoms with Gasteiger partial charge in [0.25, 0.3) is 0 Å². The van der Waals surface area contributed by atoms with E-state index in [0.29, 0.717) is 0 Å². The minimum absolute atomic E-state index is 0.110. The van der Waals surface area contributed by atoms with E-state index in [1.165, 1.54) is 0 Å². The second-order valence-corrected chi connectivity index (χ2v) is 7.56. The van der Waals surface area contributed by atoms with E-state index < -0.39 is 10.0 Å². The second-order valence-electron chi connectivity index (χ2n) is 5.80. The molecule has 0 saturated heterocycles. The summed E-state index contributed by atoms with van der Waals surface area (Å²) < 4.78 is 27.6. The predicted molar refractivity (Wildman–Crippen MR) is 97.6 cm³/mol. The van der Waals surface area contributed by atoms with Crippen LogP contribution in [0.15, 0.2) is 72.3 Å². The zero-order chi connectivity index (χ0) is 17.2. The van der Waals surface area contributed by atoms with Crippen molar-refractivity contribution in [1.82, 2.24) is 9.71 Å². The molecule has 1 aromatic heterocycles. The number of para-hydroxylation sites is 1. The van der Waals surface area contributed by atoms with Gasteiger partial charge in [-0.05, 0) is 30.7 Å². The van der Waals surface area contributed by atoms with Crippen molar-refractivity contribution in [3.05, 3.63) is 78.5 Å². The lowest BCUT2D eigenvalue weighted by Crippen LogP contribution is -2.28. The summed E-state index contributed by atoms with van der Waals surface area (Å²) in [4.78, 5) is 3.49. The third-order valence-electron chi connectivity index (χ3n) is 4.13. The van der Waals surface area contributed by atoms with E-state index in [4.69, 9.17) is 0 Å². The topological polar surface area (TPSA) is 62.0 Å². The molecule has 24 heavy (non-hydrogen) atoms. The number of hydrogen-bond donors (Lipinski definition) is 2. The molecular formula is C19H20N2O2S. The zero-order valence-electron chi connectivity index (χ0n) is 13.5. The van der Waals surface area contributed by atoms with E-state index in [2.05, 4.69) is 16.3 Å². The van der Waals surface area contributed by atoms with Crippen molar-refractivity contribution in [2.24, 2.45) is 0 Å². The van der Waals surface area contributed by atoms with E-state index in [1.807, 2.05) is 37.4 Å². The van der Waals surface area contributed by atoms with E-state index in [1.54, 1.807) is 30.3 Å². The van der Waals surface area contributed by atoms with Crippen molar-refractivity contribution in [3.63, 3.8) is 0 Å². The Kier molecular flexibility index (Phi) is 4.55. The van der Waals surface area contributed by atoms with Crippen molar-refractivity contribution in [1.29, 1.82) is 0 Å². The first kappa shape index (κ1) is 16.5. The van der Waals surface area contributed by atoms with Crippen LogP contribution >= 0.6 is 0 Å². The molecule has 0 bridgehead atoms. The third-order valence-corrected chi connectivity index (χ3v) is 5.57. The van der Waals surface area contributed by atoms with Gasteiger partial charge in [0.1, 0.15) is 0 Å². The Morgan fingerprint density at radius 1 is 1.17 bits per heavy atom. The van der Waals surface area contributed by atoms with Crippen LogP contribution in [0.25, 0.3) is 10.9 Å². The van der Waals surface area contributed by atoms with Crippen LogP contribution < -0.4 is 4.72 Å². The van der Waals surface area contributed by atoms with Crippen LogP contribution in [0.2, 0.25) is 0 Å². The van der Waals surface area contributed by atoms with Gasteiger partial charge in [-0.3, -0.25) is 0 Å². The highest BCUT2D eigenvalue weighted by Crippen LogP contribution is 2.26. The zero-order valence-corrected chi connectivity index (χ0v) is 14.3. The summed E-state index contributed by atoms with van der Waals surface area (Å²) in [7, 11) is -3.53. The van der Waals surface area contributed by atoms with Crippen LogP contribution in [-0.2, 0) is 10.0 Å². The van der Waals surface area contributed by atoms with Crippen LogP contribution in [0.1, 0.15) is 17.0 Å². The molecule has 0 amide bonds. The summed E-state index contributed by atoms with van der Waals surface area (Å²) in [6, 6.07) is 14.8. The third kappa shape index (κ3) is 3.27. The minimum Gasteiger partial charge on any atom is -0.361 e. The normalized spacial score (nSPS) is 13.0. The largest absolute Gasteiger partial charge is 0.361 e. The lowest BCUT2D eigenvalue weighted by atomic mass is 9.99. The van der Waals surface area contributed by atoms with Gasteiger partial charge >= 0.3 is 0 Å². The number of aryl methyl sites for hydroxylation is 1. The van der Waals surface area contributed by atoms with Crippen LogP contribution in [0.4, 0.5) is 0 Å². The van der Waals surface area contributed by atoms with Gasteiger partial charge in [-0.25, -0.2) is 13.1 Å². The van der Waals surface area contributed by atoms with E-state index in [9.17, 15) is 8.42 Å². The quantitative estimate of drug-likeness (QED) is 0.672. The molecule has 3 aromatic rings. The summed E-state index contributed by atoms with van der Waals surface area (Å²) in [6.45, 7) is 6.05. The number of fused-ring (bicyclic) bond motifs is 1. The highest BCUT2D eigenvalue weighted by Gasteiger charge is 2.18. The Morgan fingerprint density at radius 2 is 1.88 bits per heavy atom. The molecule has 1 atom stereocenters. The van der Waals surface area contributed by atoms with Crippen LogP contribution in [0.5, 0.6) is 0 Å². The summed E-state index contributed by atoms with van der Waals surface area (Å²) in [6.07, 6.45) is 3.68. The fourth-order valence-corrected chi connectivity index (χ4v) is 3.78. The maximum Gasteiger partial charge on any atom is 0.240 e. The number of rotatable bonds is 6. The van der Waals surface area contributed by atoms with Gasteiger partial charge < -0.3 is 4.98 Å². The molecule has 5 heteroatoms. The van der Waals surface area contributed by atoms with Gasteiger partial charge in [-0.1, -0.05) is 42.0 Å². The Morgan fingerprint density at radius 3 is 2.58 bits per heavy atom. The molecule has 0 spiro atoms. The number of aromatic nitrogens is 1. The molecule has 1 unspecified atom stereocenters. The van der Waals surface area contributed by atoms with Gasteiger partial charge in [0, 0.05) is 29.6 Å². The van der Waals surface area contributed by atoms with Crippen LogP contribution in [-0.4, -0.2) is 19.9 Å². The van der Waals surface area contributed by atoms with Gasteiger partial charge in [-0.2, -0.15) is 0 Å². The molecule has 0 aliphatic rings. The smallest absolute Gasteiger partial charge is 0.240 e. The number of H-pyrrole nitrogens is 1. The molecular weight excluding hydrogens is 320 g/mol. The van der Waals surface area contributed by atoms with E-state index in [-0.39, 0.29) is 17.4 Å². The van der Waals surface area contributed by atoms with Gasteiger partial charge in [-0.15, -0.1) is 6.58 Å². The van der Waals surface area contributed by atoms with Gasteiger partial charge in [0.05, 0.1) is 4.90 Å². The molecule has 2 aromatic carbocycles. The first-order valence-electron chi connectivity index (χ1n) is 7.76. The molecule has 2 N–H and O–H groups in total. The monoisotopic (exact) mass is 340 g/mol. The molecule has 124 valence electrons. The summed E-state index contributed by atoms with van der Waals surface area (Å²) in [5.74, 6) is -0.110. The highest BCUT2D eigenvalue weighted by atomic mass is 32.2. The van der Waals surface area contributed by atoms with E-state index in [0.717, 1.165) is 22.0 Å². The molecule has 3 rings (SSSR count). The number of aromatic amines is 1. The van der Waals surface area contributed by atoms with Crippen molar-refractivity contribution in [2.45, 2.75) is 17.7 Å². The average molecular weight is 340 g/mol. The molecule has 1 heterocycles. The van der Waals surface area contributed by atoms with Crippen LogP contribution in [0.3, 0.4) is 0 Å². The SMILES string of the molecule is C=CC(CNS(=O)(=O)c1ccc(C)cc1)c1c[nH]c2ccccc12. The molecule has 0 saturated carbocycles. The maximum absolute atomic E-state index is 12.4. The standard InChI is InChI=1S/C19H20N2O2S/c1-3-15(18-13-20-19-7-5-4-6-17(18)19)12-21-24(22,23)16-10-8-14(2)9-11-16/h3-11,13,15,20-21H,1,12H2,2H3. The molecule has 4 nitrogen and oxygen atoms in total. The molecule has 0 aliphatic heterocycles. The number of sulfonamides is 1. The Labute approximate surface area is 142 Å². The number of benzene rings is 2. The van der Waals surface area contributed by atoms with Gasteiger partial charge in [0.2, 0.25) is 10.0 Å². The van der Waals surface area contributed by atoms with Crippen molar-refractivity contribution >= 4 is 20.9 Å². The Hall–Kier alpha value is -2.37. The number of hydrogen-bond acceptors (Lipinski definition) is 2. The Bertz CT molecular complexity index is 956. The molecule has 0 fully saturated rings. The lowest BCUT2D eigenvalue weighted by Gasteiger charge is -2.14. The summed E-state index contributed by atoms with van der Waals surface area (Å²) >= 11 is 0. The van der Waals surface area contributed by atoms with Crippen LogP contribution in [0, 0.1) is 6.92 Å². The average Bonchev–Trinajstić information content (AvgIpc) is 3.00. The second kappa shape index (κ2) is 6.63. The maximum atomic E-state index is 12.4.